The molecule has 0 bridgehead atoms. The molecule has 0 saturated carbocycles. The van der Waals surface area contributed by atoms with Crippen LogP contribution in [-0.2, 0) is 9.53 Å². The number of nitro benzene ring substituents is 1. The zero-order valence-corrected chi connectivity index (χ0v) is 16.2. The van der Waals surface area contributed by atoms with Gasteiger partial charge in [-0.2, -0.15) is 0 Å². The lowest BCUT2D eigenvalue weighted by Gasteiger charge is -2.07. The van der Waals surface area contributed by atoms with E-state index in [9.17, 15) is 24.5 Å². The number of hydrogen-bond donors (Lipinski definition) is 1. The third-order valence-electron chi connectivity index (χ3n) is 3.39. The summed E-state index contributed by atoms with van der Waals surface area (Å²) in [5.41, 5.74) is -0.369. The number of nitro groups is 1. The standard InChI is InChI=1S/C17H11Cl3N2O6/c18-10-2-3-11(13(20)6-10)15(23)8-28-16(24)7-21-17(25)9-1-4-12(19)14(5-9)22(26)27/h1-6H,7-8H2,(H,21,25). The number of rotatable bonds is 7. The summed E-state index contributed by atoms with van der Waals surface area (Å²) in [6, 6.07) is 7.69. The second-order valence-corrected chi connectivity index (χ2v) is 6.56. The van der Waals surface area contributed by atoms with Crippen LogP contribution in [0.25, 0.3) is 0 Å². The minimum atomic E-state index is -0.879. The minimum absolute atomic E-state index is 0.0621. The predicted octanol–water partition coefficient (Wildman–Crippen LogP) is 3.71. The molecule has 2 rings (SSSR count). The van der Waals surface area contributed by atoms with Crippen LogP contribution in [0.5, 0.6) is 0 Å². The zero-order chi connectivity index (χ0) is 20.8. The van der Waals surface area contributed by atoms with Gasteiger partial charge in [-0.05, 0) is 30.3 Å². The van der Waals surface area contributed by atoms with Gasteiger partial charge in [0, 0.05) is 22.2 Å². The van der Waals surface area contributed by atoms with E-state index in [0.717, 1.165) is 6.07 Å². The van der Waals surface area contributed by atoms with E-state index < -0.39 is 41.4 Å². The molecule has 11 heteroatoms. The second-order valence-electron chi connectivity index (χ2n) is 5.31. The molecule has 0 spiro atoms. The summed E-state index contributed by atoms with van der Waals surface area (Å²) in [5.74, 6) is -2.17. The Bertz CT molecular complexity index is 964. The lowest BCUT2D eigenvalue weighted by molar-refractivity contribution is -0.384. The van der Waals surface area contributed by atoms with Gasteiger partial charge in [0.2, 0.25) is 5.78 Å². The molecule has 2 aromatic rings. The molecule has 1 N–H and O–H groups in total. The third-order valence-corrected chi connectivity index (χ3v) is 4.26. The molecule has 0 saturated heterocycles. The molecule has 0 aliphatic carbocycles. The largest absolute Gasteiger partial charge is 0.456 e. The van der Waals surface area contributed by atoms with Crippen LogP contribution in [0.4, 0.5) is 5.69 Å². The van der Waals surface area contributed by atoms with Gasteiger partial charge in [-0.25, -0.2) is 0 Å². The highest BCUT2D eigenvalue weighted by Crippen LogP contribution is 2.25. The predicted molar refractivity (Wildman–Crippen MR) is 102 cm³/mol. The molecule has 0 atom stereocenters. The average molecular weight is 446 g/mol. The molecule has 8 nitrogen and oxygen atoms in total. The molecule has 0 unspecified atom stereocenters. The van der Waals surface area contributed by atoms with Crippen LogP contribution in [0, 0.1) is 10.1 Å². The van der Waals surface area contributed by atoms with Crippen molar-refractivity contribution in [1.29, 1.82) is 0 Å². The number of carbonyl (C=O) groups excluding carboxylic acids is 3. The normalized spacial score (nSPS) is 10.2. The third kappa shape index (κ3) is 5.66. The Morgan fingerprint density at radius 3 is 2.39 bits per heavy atom. The van der Waals surface area contributed by atoms with Gasteiger partial charge in [0.25, 0.3) is 11.6 Å². The number of nitrogens with zero attached hydrogens (tertiary/aromatic N) is 1. The highest BCUT2D eigenvalue weighted by atomic mass is 35.5. The number of amides is 1. The first-order valence-electron chi connectivity index (χ1n) is 7.55. The van der Waals surface area contributed by atoms with Gasteiger partial charge in [-0.1, -0.05) is 34.8 Å². The van der Waals surface area contributed by atoms with Crippen LogP contribution in [0.3, 0.4) is 0 Å². The molecule has 0 heterocycles. The number of ether oxygens (including phenoxy) is 1. The van der Waals surface area contributed by atoms with E-state index in [2.05, 4.69) is 5.32 Å². The topological polar surface area (TPSA) is 116 Å². The number of nitrogens with one attached hydrogen (secondary N) is 1. The van der Waals surface area contributed by atoms with Crippen molar-refractivity contribution >= 4 is 58.1 Å². The number of esters is 1. The molecule has 0 aliphatic heterocycles. The number of hydrogen-bond acceptors (Lipinski definition) is 6. The maximum atomic E-state index is 12.0. The Labute approximate surface area is 173 Å². The first-order valence-corrected chi connectivity index (χ1v) is 8.68. The summed E-state index contributed by atoms with van der Waals surface area (Å²) < 4.78 is 4.79. The number of carbonyl (C=O) groups is 3. The van der Waals surface area contributed by atoms with E-state index in [1.807, 2.05) is 0 Å². The van der Waals surface area contributed by atoms with Gasteiger partial charge < -0.3 is 10.1 Å². The second kappa shape index (κ2) is 9.50. The maximum absolute atomic E-state index is 12.0. The fourth-order valence-corrected chi connectivity index (χ4v) is 2.74. The SMILES string of the molecule is O=C(CNC(=O)c1ccc(Cl)c([N+](=O)[O-])c1)OCC(=O)c1ccc(Cl)cc1Cl. The molecule has 2 aromatic carbocycles. The molecule has 0 aromatic heterocycles. The van der Waals surface area contributed by atoms with Gasteiger partial charge in [-0.3, -0.25) is 24.5 Å². The quantitative estimate of drug-likeness (QED) is 0.301. The van der Waals surface area contributed by atoms with Crippen molar-refractivity contribution in [2.24, 2.45) is 0 Å². The van der Waals surface area contributed by atoms with Crippen LogP contribution in [-0.4, -0.2) is 35.7 Å². The fourth-order valence-electron chi connectivity index (χ4n) is 2.04. The van der Waals surface area contributed by atoms with Crippen LogP contribution in [0.2, 0.25) is 15.1 Å². The van der Waals surface area contributed by atoms with E-state index in [1.165, 1.54) is 30.3 Å². The summed E-state index contributed by atoms with van der Waals surface area (Å²) in [6.07, 6.45) is 0. The Kier molecular flexibility index (Phi) is 7.33. The summed E-state index contributed by atoms with van der Waals surface area (Å²) in [7, 11) is 0. The molecule has 1 amide bonds. The molecule has 146 valence electrons. The van der Waals surface area contributed by atoms with Crippen molar-refractivity contribution in [3.63, 3.8) is 0 Å². The highest BCUT2D eigenvalue weighted by Gasteiger charge is 2.18. The van der Waals surface area contributed by atoms with Gasteiger partial charge in [-0.15, -0.1) is 0 Å². The van der Waals surface area contributed by atoms with Crippen LogP contribution >= 0.6 is 34.8 Å². The van der Waals surface area contributed by atoms with Crippen molar-refractivity contribution in [2.75, 3.05) is 13.2 Å². The Balaban J connectivity index is 1.88. The summed E-state index contributed by atoms with van der Waals surface area (Å²) in [5, 5.41) is 13.4. The van der Waals surface area contributed by atoms with E-state index >= 15 is 0 Å². The first-order chi connectivity index (χ1) is 13.2. The Morgan fingerprint density at radius 1 is 1.04 bits per heavy atom. The van der Waals surface area contributed by atoms with E-state index in [0.29, 0.717) is 5.02 Å². The maximum Gasteiger partial charge on any atom is 0.325 e. The van der Waals surface area contributed by atoms with Crippen molar-refractivity contribution < 1.29 is 24.0 Å². The van der Waals surface area contributed by atoms with Crippen molar-refractivity contribution in [3.8, 4) is 0 Å². The number of halogens is 3. The Hall–Kier alpha value is -2.68. The first kappa shape index (κ1) is 21.6. The van der Waals surface area contributed by atoms with Crippen LogP contribution < -0.4 is 5.32 Å². The fraction of sp³-hybridized carbons (Fsp3) is 0.118. The Morgan fingerprint density at radius 2 is 1.75 bits per heavy atom. The summed E-state index contributed by atoms with van der Waals surface area (Å²) >= 11 is 17.3. The molecule has 28 heavy (non-hydrogen) atoms. The number of benzene rings is 2. The van der Waals surface area contributed by atoms with Crippen molar-refractivity contribution in [2.45, 2.75) is 0 Å². The number of ketones is 1. The molecular formula is C17H11Cl3N2O6. The average Bonchev–Trinajstić information content (AvgIpc) is 2.64. The monoisotopic (exact) mass is 444 g/mol. The summed E-state index contributed by atoms with van der Waals surface area (Å²) in [4.78, 5) is 45.8. The smallest absolute Gasteiger partial charge is 0.325 e. The molecule has 0 fully saturated rings. The minimum Gasteiger partial charge on any atom is -0.456 e. The van der Waals surface area contributed by atoms with Crippen molar-refractivity contribution in [1.82, 2.24) is 5.32 Å². The lowest BCUT2D eigenvalue weighted by atomic mass is 10.1. The summed E-state index contributed by atoms with van der Waals surface area (Å²) in [6.45, 7) is -1.13. The zero-order valence-electron chi connectivity index (χ0n) is 13.9. The van der Waals surface area contributed by atoms with Crippen LogP contribution in [0.15, 0.2) is 36.4 Å². The molecule has 0 radical (unpaired) electrons. The van der Waals surface area contributed by atoms with E-state index in [4.69, 9.17) is 39.5 Å². The molecule has 0 aliphatic rings. The lowest BCUT2D eigenvalue weighted by Crippen LogP contribution is -2.31. The molecular weight excluding hydrogens is 435 g/mol. The highest BCUT2D eigenvalue weighted by molar-refractivity contribution is 6.37. The number of Topliss-reactive ketones (excluding diaryl/α,β-unsaturated/α-hetero) is 1. The van der Waals surface area contributed by atoms with Gasteiger partial charge in [0.1, 0.15) is 11.6 Å². The van der Waals surface area contributed by atoms with Gasteiger partial charge in [0.05, 0.1) is 9.95 Å². The van der Waals surface area contributed by atoms with Gasteiger partial charge >= 0.3 is 5.97 Å². The van der Waals surface area contributed by atoms with Gasteiger partial charge in [0.15, 0.2) is 6.61 Å². The van der Waals surface area contributed by atoms with E-state index in [1.54, 1.807) is 0 Å². The van der Waals surface area contributed by atoms with Crippen LogP contribution in [0.1, 0.15) is 20.7 Å². The van der Waals surface area contributed by atoms with E-state index in [-0.39, 0.29) is 21.2 Å². The van der Waals surface area contributed by atoms with Crippen molar-refractivity contribution in [3.05, 3.63) is 72.7 Å².